The maximum Gasteiger partial charge on any atom is 0.160 e. The summed E-state index contributed by atoms with van der Waals surface area (Å²) in [5, 5.41) is 9.90. The molecule has 2 fully saturated rings. The number of phenols is 1. The molecule has 21 heavy (non-hydrogen) atoms. The summed E-state index contributed by atoms with van der Waals surface area (Å²) in [6.07, 6.45) is 5.03. The number of benzene rings is 1. The van der Waals surface area contributed by atoms with Crippen LogP contribution in [0.3, 0.4) is 0 Å². The van der Waals surface area contributed by atoms with Crippen LogP contribution in [0.15, 0.2) is 18.2 Å². The van der Waals surface area contributed by atoms with Crippen LogP contribution >= 0.6 is 0 Å². The molecule has 0 spiro atoms. The highest BCUT2D eigenvalue weighted by Gasteiger charge is 2.45. The minimum atomic E-state index is 0.188. The van der Waals surface area contributed by atoms with Crippen molar-refractivity contribution in [3.8, 4) is 11.5 Å². The molecule has 4 unspecified atom stereocenters. The summed E-state index contributed by atoms with van der Waals surface area (Å²) in [4.78, 5) is 12.3. The molecule has 0 aliphatic heterocycles. The Morgan fingerprint density at radius 3 is 2.81 bits per heavy atom. The van der Waals surface area contributed by atoms with Crippen LogP contribution in [-0.2, 0) is 11.2 Å². The van der Waals surface area contributed by atoms with E-state index in [0.717, 1.165) is 31.2 Å². The lowest BCUT2D eigenvalue weighted by atomic mass is 9.70. The third-order valence-electron chi connectivity index (χ3n) is 5.53. The maximum absolute atomic E-state index is 12.3. The molecule has 114 valence electrons. The van der Waals surface area contributed by atoms with Crippen LogP contribution in [-0.4, -0.2) is 18.0 Å². The van der Waals surface area contributed by atoms with Gasteiger partial charge in [-0.1, -0.05) is 13.0 Å². The van der Waals surface area contributed by atoms with Crippen molar-refractivity contribution in [3.05, 3.63) is 23.8 Å². The smallest absolute Gasteiger partial charge is 0.160 e. The second-order valence-electron chi connectivity index (χ2n) is 6.72. The number of carbonyl (C=O) groups excluding carboxylic acids is 1. The second-order valence-corrected chi connectivity index (χ2v) is 6.72. The zero-order chi connectivity index (χ0) is 15.0. The van der Waals surface area contributed by atoms with Crippen LogP contribution in [0.4, 0.5) is 0 Å². The number of hydrogen-bond acceptors (Lipinski definition) is 3. The summed E-state index contributed by atoms with van der Waals surface area (Å²) >= 11 is 0. The van der Waals surface area contributed by atoms with E-state index in [1.54, 1.807) is 13.2 Å². The Labute approximate surface area is 126 Å². The molecule has 2 aliphatic carbocycles. The molecule has 0 aromatic heterocycles. The maximum atomic E-state index is 12.3. The summed E-state index contributed by atoms with van der Waals surface area (Å²) in [5.41, 5.74) is 1.10. The van der Waals surface area contributed by atoms with E-state index >= 15 is 0 Å². The molecule has 2 aliphatic rings. The minimum Gasteiger partial charge on any atom is -0.504 e. The number of rotatable bonds is 3. The van der Waals surface area contributed by atoms with Crippen molar-refractivity contribution in [2.24, 2.45) is 23.7 Å². The first-order valence-electron chi connectivity index (χ1n) is 7.98. The van der Waals surface area contributed by atoms with Crippen LogP contribution in [0.5, 0.6) is 11.5 Å². The van der Waals surface area contributed by atoms with Gasteiger partial charge in [0.15, 0.2) is 11.5 Å². The molecule has 3 heteroatoms. The predicted octanol–water partition coefficient (Wildman–Crippen LogP) is 3.58. The lowest BCUT2D eigenvalue weighted by Gasteiger charge is -2.33. The van der Waals surface area contributed by atoms with Crippen LogP contribution in [0.2, 0.25) is 0 Å². The van der Waals surface area contributed by atoms with Crippen molar-refractivity contribution < 1.29 is 14.6 Å². The molecule has 1 aromatic carbocycles. The van der Waals surface area contributed by atoms with E-state index < -0.39 is 0 Å². The summed E-state index contributed by atoms with van der Waals surface area (Å²) in [5.74, 6) is 3.12. The fraction of sp³-hybridized carbons (Fsp3) is 0.611. The Hall–Kier alpha value is -1.51. The van der Waals surface area contributed by atoms with Crippen LogP contribution < -0.4 is 4.74 Å². The number of phenolic OH excluding ortho intramolecular Hbond substituents is 1. The van der Waals surface area contributed by atoms with Gasteiger partial charge in [0, 0.05) is 12.3 Å². The van der Waals surface area contributed by atoms with Gasteiger partial charge >= 0.3 is 0 Å². The largest absolute Gasteiger partial charge is 0.504 e. The van der Waals surface area contributed by atoms with Gasteiger partial charge in [-0.05, 0) is 61.1 Å². The standard InChI is InChI=1S/C18H24O3/c1-11-3-7-15(19)18-13(5-6-14(11)18)9-12-4-8-17(21-2)16(20)10-12/h4,8,10-11,13-14,18,20H,3,5-7,9H2,1-2H3. The highest BCUT2D eigenvalue weighted by atomic mass is 16.5. The number of ketones is 1. The summed E-state index contributed by atoms with van der Waals surface area (Å²) in [6.45, 7) is 2.30. The summed E-state index contributed by atoms with van der Waals surface area (Å²) in [7, 11) is 1.55. The molecule has 3 rings (SSSR count). The topological polar surface area (TPSA) is 46.5 Å². The first-order chi connectivity index (χ1) is 10.1. The minimum absolute atomic E-state index is 0.188. The van der Waals surface area contributed by atoms with E-state index in [9.17, 15) is 9.90 Å². The van der Waals surface area contributed by atoms with Gasteiger partial charge in [0.25, 0.3) is 0 Å². The van der Waals surface area contributed by atoms with Crippen molar-refractivity contribution in [3.63, 3.8) is 0 Å². The van der Waals surface area contributed by atoms with Gasteiger partial charge in [0.1, 0.15) is 5.78 Å². The average molecular weight is 288 g/mol. The number of carbonyl (C=O) groups is 1. The number of fused-ring (bicyclic) bond motifs is 1. The van der Waals surface area contributed by atoms with Gasteiger partial charge in [0.05, 0.1) is 7.11 Å². The van der Waals surface area contributed by atoms with Gasteiger partial charge in [0.2, 0.25) is 0 Å². The Morgan fingerprint density at radius 1 is 1.29 bits per heavy atom. The summed E-state index contributed by atoms with van der Waals surface area (Å²) < 4.78 is 5.08. The van der Waals surface area contributed by atoms with E-state index in [1.165, 1.54) is 6.42 Å². The van der Waals surface area contributed by atoms with E-state index in [1.807, 2.05) is 12.1 Å². The Kier molecular flexibility index (Phi) is 3.92. The molecule has 2 saturated carbocycles. The van der Waals surface area contributed by atoms with E-state index in [-0.39, 0.29) is 11.7 Å². The van der Waals surface area contributed by atoms with Crippen molar-refractivity contribution in [2.75, 3.05) is 7.11 Å². The number of ether oxygens (including phenoxy) is 1. The molecule has 3 nitrogen and oxygen atoms in total. The monoisotopic (exact) mass is 288 g/mol. The third kappa shape index (κ3) is 2.66. The molecule has 0 amide bonds. The third-order valence-corrected chi connectivity index (χ3v) is 5.53. The van der Waals surface area contributed by atoms with E-state index in [4.69, 9.17) is 4.74 Å². The quantitative estimate of drug-likeness (QED) is 0.924. The van der Waals surface area contributed by atoms with Gasteiger partial charge in [-0.25, -0.2) is 0 Å². The predicted molar refractivity (Wildman–Crippen MR) is 81.5 cm³/mol. The van der Waals surface area contributed by atoms with Crippen molar-refractivity contribution in [1.29, 1.82) is 0 Å². The fourth-order valence-corrected chi connectivity index (χ4v) is 4.40. The number of methoxy groups -OCH3 is 1. The molecular formula is C18H24O3. The van der Waals surface area contributed by atoms with E-state index in [0.29, 0.717) is 29.3 Å². The van der Waals surface area contributed by atoms with Gasteiger partial charge in [-0.3, -0.25) is 4.79 Å². The molecule has 1 N–H and O–H groups in total. The highest BCUT2D eigenvalue weighted by Crippen LogP contribution is 2.48. The normalized spacial score (nSPS) is 32.0. The van der Waals surface area contributed by atoms with Gasteiger partial charge < -0.3 is 9.84 Å². The lowest BCUT2D eigenvalue weighted by molar-refractivity contribution is -0.128. The molecule has 0 bridgehead atoms. The van der Waals surface area contributed by atoms with Gasteiger partial charge in [-0.2, -0.15) is 0 Å². The zero-order valence-electron chi connectivity index (χ0n) is 12.8. The Balaban J connectivity index is 1.76. The van der Waals surface area contributed by atoms with Gasteiger partial charge in [-0.15, -0.1) is 0 Å². The molecule has 0 saturated heterocycles. The average Bonchev–Trinajstić information content (AvgIpc) is 2.88. The Bertz CT molecular complexity index is 537. The molecule has 0 heterocycles. The van der Waals surface area contributed by atoms with E-state index in [2.05, 4.69) is 6.92 Å². The number of aromatic hydroxyl groups is 1. The van der Waals surface area contributed by atoms with Crippen LogP contribution in [0, 0.1) is 23.7 Å². The fourth-order valence-electron chi connectivity index (χ4n) is 4.40. The molecule has 0 radical (unpaired) electrons. The second kappa shape index (κ2) is 5.70. The zero-order valence-corrected chi connectivity index (χ0v) is 12.8. The number of hydrogen-bond donors (Lipinski definition) is 1. The molecule has 4 atom stereocenters. The van der Waals surface area contributed by atoms with Crippen molar-refractivity contribution >= 4 is 5.78 Å². The first kappa shape index (κ1) is 14.4. The molecule has 1 aromatic rings. The number of Topliss-reactive ketones (excluding diaryl/α,β-unsaturated/α-hetero) is 1. The van der Waals surface area contributed by atoms with Crippen LogP contribution in [0.1, 0.15) is 38.2 Å². The van der Waals surface area contributed by atoms with Crippen molar-refractivity contribution in [1.82, 2.24) is 0 Å². The van der Waals surface area contributed by atoms with Crippen LogP contribution in [0.25, 0.3) is 0 Å². The SMILES string of the molecule is COc1ccc(CC2CCC3C(C)CCC(=O)C23)cc1O. The van der Waals surface area contributed by atoms with Crippen molar-refractivity contribution in [2.45, 2.75) is 39.0 Å². The lowest BCUT2D eigenvalue weighted by Crippen LogP contribution is -2.34. The molecular weight excluding hydrogens is 264 g/mol. The highest BCUT2D eigenvalue weighted by molar-refractivity contribution is 5.82. The summed E-state index contributed by atoms with van der Waals surface area (Å²) in [6, 6.07) is 5.59. The first-order valence-corrected chi connectivity index (χ1v) is 7.98. The Morgan fingerprint density at radius 2 is 2.10 bits per heavy atom.